The van der Waals surface area contributed by atoms with Crippen molar-refractivity contribution in [1.82, 2.24) is 15.4 Å². The topological polar surface area (TPSA) is 75.1 Å². The number of hydrogen-bond donors (Lipinski definition) is 2. The number of hydroxylamine groups is 1. The summed E-state index contributed by atoms with van der Waals surface area (Å²) in [4.78, 5) is 20.6. The first-order valence-corrected chi connectivity index (χ1v) is 8.63. The van der Waals surface area contributed by atoms with Crippen LogP contribution in [0.5, 0.6) is 0 Å². The molecular weight excluding hydrogens is 345 g/mol. The average Bonchev–Trinajstić information content (AvgIpc) is 3.35. The van der Waals surface area contributed by atoms with E-state index in [1.807, 2.05) is 25.1 Å². The maximum Gasteiger partial charge on any atom is 0.282 e. The van der Waals surface area contributed by atoms with Crippen LogP contribution in [-0.2, 0) is 4.79 Å². The molecule has 1 aliphatic rings. The van der Waals surface area contributed by atoms with E-state index in [9.17, 15) is 4.79 Å². The van der Waals surface area contributed by atoms with Gasteiger partial charge in [0.1, 0.15) is 0 Å². The van der Waals surface area contributed by atoms with E-state index >= 15 is 4.39 Å². The van der Waals surface area contributed by atoms with Crippen LogP contribution in [0.2, 0.25) is 0 Å². The number of carbonyl (C=O) groups excluding carboxylic acids is 1. The van der Waals surface area contributed by atoms with Crippen molar-refractivity contribution in [3.63, 3.8) is 0 Å². The third-order valence-corrected chi connectivity index (χ3v) is 5.05. The number of aryl methyl sites for hydroxylation is 1. The summed E-state index contributed by atoms with van der Waals surface area (Å²) in [5, 5.41) is 9.00. The molecule has 1 amide bonds. The van der Waals surface area contributed by atoms with Gasteiger partial charge in [0.05, 0.1) is 0 Å². The van der Waals surface area contributed by atoms with Crippen molar-refractivity contribution in [2.24, 2.45) is 0 Å². The Balaban J connectivity index is 1.67. The average molecular weight is 363 g/mol. The first-order valence-electron chi connectivity index (χ1n) is 8.63. The number of alkyl halides is 1. The van der Waals surface area contributed by atoms with Gasteiger partial charge in [-0.25, -0.2) is 19.8 Å². The van der Waals surface area contributed by atoms with Crippen molar-refractivity contribution in [3.05, 3.63) is 83.7 Å². The first kappa shape index (κ1) is 17.3. The van der Waals surface area contributed by atoms with Crippen LogP contribution in [0.4, 0.5) is 4.39 Å². The van der Waals surface area contributed by atoms with E-state index in [2.05, 4.69) is 9.97 Å². The van der Waals surface area contributed by atoms with Crippen LogP contribution < -0.4 is 5.48 Å². The van der Waals surface area contributed by atoms with Gasteiger partial charge < -0.3 is 0 Å². The zero-order valence-electron chi connectivity index (χ0n) is 14.6. The Kier molecular flexibility index (Phi) is 4.20. The molecule has 0 bridgehead atoms. The first-order chi connectivity index (χ1) is 13.1. The molecule has 3 aromatic rings. The SMILES string of the molecule is Cc1cnc(-c2ccc(C3C(c4ccccc4)C3(F)C(=O)NO)cc2)nc1. The van der Waals surface area contributed by atoms with E-state index in [4.69, 9.17) is 5.21 Å². The Bertz CT molecular complexity index is 961. The monoisotopic (exact) mass is 363 g/mol. The number of halogens is 1. The summed E-state index contributed by atoms with van der Waals surface area (Å²) in [6, 6.07) is 16.2. The van der Waals surface area contributed by atoms with Crippen molar-refractivity contribution in [2.45, 2.75) is 24.4 Å². The number of amides is 1. The smallest absolute Gasteiger partial charge is 0.282 e. The predicted octanol–water partition coefficient (Wildman–Crippen LogP) is 3.55. The molecule has 0 aliphatic heterocycles. The fourth-order valence-electron chi connectivity index (χ4n) is 3.64. The minimum absolute atomic E-state index is 0.585. The molecule has 1 heterocycles. The summed E-state index contributed by atoms with van der Waals surface area (Å²) in [7, 11) is 0. The molecule has 1 aliphatic carbocycles. The Labute approximate surface area is 155 Å². The second kappa shape index (κ2) is 6.55. The number of nitrogens with one attached hydrogen (secondary N) is 1. The Morgan fingerprint density at radius 2 is 1.56 bits per heavy atom. The Hall–Kier alpha value is -3.12. The fourth-order valence-corrected chi connectivity index (χ4v) is 3.64. The van der Waals surface area contributed by atoms with Crippen molar-refractivity contribution < 1.29 is 14.4 Å². The van der Waals surface area contributed by atoms with Gasteiger partial charge in [-0.05, 0) is 23.6 Å². The van der Waals surface area contributed by atoms with Gasteiger partial charge in [-0.2, -0.15) is 0 Å². The van der Waals surface area contributed by atoms with Gasteiger partial charge in [0, 0.05) is 29.8 Å². The van der Waals surface area contributed by atoms with E-state index < -0.39 is 23.4 Å². The molecule has 27 heavy (non-hydrogen) atoms. The van der Waals surface area contributed by atoms with E-state index in [-0.39, 0.29) is 0 Å². The lowest BCUT2D eigenvalue weighted by Crippen LogP contribution is -2.33. The van der Waals surface area contributed by atoms with Crippen LogP contribution in [-0.4, -0.2) is 26.8 Å². The van der Waals surface area contributed by atoms with Crippen molar-refractivity contribution in [1.29, 1.82) is 0 Å². The third-order valence-electron chi connectivity index (χ3n) is 5.05. The maximum absolute atomic E-state index is 15.5. The van der Waals surface area contributed by atoms with Crippen LogP contribution in [0, 0.1) is 6.92 Å². The molecule has 1 aromatic heterocycles. The lowest BCUT2D eigenvalue weighted by molar-refractivity contribution is -0.136. The van der Waals surface area contributed by atoms with Gasteiger partial charge in [0.2, 0.25) is 5.67 Å². The highest BCUT2D eigenvalue weighted by Gasteiger charge is 2.72. The quantitative estimate of drug-likeness (QED) is 0.549. The molecule has 3 atom stereocenters. The molecule has 4 rings (SSSR count). The van der Waals surface area contributed by atoms with Crippen LogP contribution in [0.1, 0.15) is 28.5 Å². The van der Waals surface area contributed by atoms with E-state index in [0.717, 1.165) is 16.7 Å². The molecule has 5 nitrogen and oxygen atoms in total. The van der Waals surface area contributed by atoms with Crippen LogP contribution in [0.3, 0.4) is 0 Å². The van der Waals surface area contributed by atoms with E-state index in [1.165, 1.54) is 5.48 Å². The predicted molar refractivity (Wildman–Crippen MR) is 97.9 cm³/mol. The minimum Gasteiger partial charge on any atom is -0.289 e. The van der Waals surface area contributed by atoms with Gasteiger partial charge in [0.25, 0.3) is 5.91 Å². The molecule has 136 valence electrons. The second-order valence-electron chi connectivity index (χ2n) is 6.78. The van der Waals surface area contributed by atoms with Gasteiger partial charge in [-0.3, -0.25) is 10.0 Å². The van der Waals surface area contributed by atoms with Gasteiger partial charge in [0.15, 0.2) is 5.82 Å². The fraction of sp³-hybridized carbons (Fsp3) is 0.190. The molecule has 0 spiro atoms. The highest BCUT2D eigenvalue weighted by atomic mass is 19.1. The lowest BCUT2D eigenvalue weighted by atomic mass is 10.0. The molecule has 2 N–H and O–H groups in total. The van der Waals surface area contributed by atoms with Gasteiger partial charge in [-0.15, -0.1) is 0 Å². The number of carbonyl (C=O) groups is 1. The normalized spacial score (nSPS) is 23.7. The number of rotatable bonds is 4. The van der Waals surface area contributed by atoms with Gasteiger partial charge >= 0.3 is 0 Å². The molecule has 0 radical (unpaired) electrons. The van der Waals surface area contributed by atoms with E-state index in [1.54, 1.807) is 48.8 Å². The Morgan fingerprint density at radius 1 is 1.00 bits per heavy atom. The molecular formula is C21H18FN3O2. The summed E-state index contributed by atoms with van der Waals surface area (Å²) in [6.45, 7) is 1.91. The van der Waals surface area contributed by atoms with Crippen LogP contribution in [0.15, 0.2) is 67.0 Å². The maximum atomic E-state index is 15.5. The van der Waals surface area contributed by atoms with Crippen LogP contribution in [0.25, 0.3) is 11.4 Å². The standard InChI is InChI=1S/C21H18FN3O2/c1-13-11-23-19(24-12-13)16-9-7-15(8-10-16)18-17(14-5-3-2-4-6-14)21(18,22)20(26)25-27/h2-12,17-18,27H,1H3,(H,25,26). The molecule has 3 unspecified atom stereocenters. The highest BCUT2D eigenvalue weighted by Crippen LogP contribution is 2.66. The lowest BCUT2D eigenvalue weighted by Gasteiger charge is -2.06. The number of aromatic nitrogens is 2. The van der Waals surface area contributed by atoms with Crippen molar-refractivity contribution in [3.8, 4) is 11.4 Å². The van der Waals surface area contributed by atoms with Gasteiger partial charge in [-0.1, -0.05) is 54.6 Å². The van der Waals surface area contributed by atoms with Crippen molar-refractivity contribution >= 4 is 5.91 Å². The van der Waals surface area contributed by atoms with Crippen LogP contribution >= 0.6 is 0 Å². The zero-order chi connectivity index (χ0) is 19.0. The molecule has 1 fully saturated rings. The van der Waals surface area contributed by atoms with Crippen molar-refractivity contribution in [2.75, 3.05) is 0 Å². The molecule has 6 heteroatoms. The summed E-state index contributed by atoms with van der Waals surface area (Å²) in [6.07, 6.45) is 3.47. The summed E-state index contributed by atoms with van der Waals surface area (Å²) in [5.41, 5.74) is 2.48. The highest BCUT2D eigenvalue weighted by molar-refractivity contribution is 5.92. The third kappa shape index (κ3) is 2.88. The Morgan fingerprint density at radius 3 is 2.11 bits per heavy atom. The number of nitrogens with zero attached hydrogens (tertiary/aromatic N) is 2. The number of benzene rings is 2. The summed E-state index contributed by atoms with van der Waals surface area (Å²) >= 11 is 0. The van der Waals surface area contributed by atoms with E-state index in [0.29, 0.717) is 11.4 Å². The summed E-state index contributed by atoms with van der Waals surface area (Å²) in [5.74, 6) is -1.75. The molecule has 1 saturated carbocycles. The second-order valence-corrected chi connectivity index (χ2v) is 6.78. The molecule has 2 aromatic carbocycles. The minimum atomic E-state index is -2.18. The zero-order valence-corrected chi connectivity index (χ0v) is 14.6. The number of hydrogen-bond acceptors (Lipinski definition) is 4. The largest absolute Gasteiger partial charge is 0.289 e. The summed E-state index contributed by atoms with van der Waals surface area (Å²) < 4.78 is 15.5. The molecule has 0 saturated heterocycles.